The van der Waals surface area contributed by atoms with Gasteiger partial charge >= 0.3 is 0 Å². The van der Waals surface area contributed by atoms with Crippen LogP contribution < -0.4 is 11.1 Å². The molecule has 5 heteroatoms. The lowest BCUT2D eigenvalue weighted by Gasteiger charge is -2.17. The average Bonchev–Trinajstić information content (AvgIpc) is 2.86. The van der Waals surface area contributed by atoms with Crippen molar-refractivity contribution in [1.82, 2.24) is 10.2 Å². The van der Waals surface area contributed by atoms with Crippen LogP contribution in [0.4, 0.5) is 0 Å². The molecule has 1 amide bonds. The van der Waals surface area contributed by atoms with Gasteiger partial charge in [0, 0.05) is 26.7 Å². The molecule has 0 saturated carbocycles. The van der Waals surface area contributed by atoms with Gasteiger partial charge in [0.2, 0.25) is 6.41 Å². The summed E-state index contributed by atoms with van der Waals surface area (Å²) in [5, 5.41) is 10.3. The third kappa shape index (κ3) is 11.4. The van der Waals surface area contributed by atoms with Crippen LogP contribution in [-0.2, 0) is 11.3 Å². The first-order valence-corrected chi connectivity index (χ1v) is 10.9. The molecular weight excluding hydrogens is 398 g/mol. The third-order valence-electron chi connectivity index (χ3n) is 4.64. The molecule has 0 aliphatic heterocycles. The summed E-state index contributed by atoms with van der Waals surface area (Å²) in [4.78, 5) is 12.7. The van der Waals surface area contributed by atoms with Crippen LogP contribution in [0.3, 0.4) is 0 Å². The maximum absolute atomic E-state index is 10.9. The lowest BCUT2D eigenvalue weighted by atomic mass is 10.0. The Kier molecular flexibility index (Phi) is 14.9. The minimum Gasteiger partial charge on any atom is -0.400 e. The number of nitrogens with zero attached hydrogens (tertiary/aromatic N) is 1. The van der Waals surface area contributed by atoms with Crippen molar-refractivity contribution in [1.29, 1.82) is 0 Å². The molecule has 0 spiro atoms. The van der Waals surface area contributed by atoms with Gasteiger partial charge in [0.25, 0.3) is 0 Å². The molecular formula is C27H37N3O2. The summed E-state index contributed by atoms with van der Waals surface area (Å²) in [7, 11) is 1.00. The molecule has 3 aromatic carbocycles. The van der Waals surface area contributed by atoms with Gasteiger partial charge in [-0.25, -0.2) is 0 Å². The maximum Gasteiger partial charge on any atom is 0.210 e. The molecule has 0 saturated heterocycles. The topological polar surface area (TPSA) is 78.6 Å². The Morgan fingerprint density at radius 2 is 1.50 bits per heavy atom. The fourth-order valence-electron chi connectivity index (χ4n) is 3.02. The van der Waals surface area contributed by atoms with Crippen molar-refractivity contribution in [2.45, 2.75) is 19.9 Å². The Morgan fingerprint density at radius 1 is 0.875 bits per heavy atom. The van der Waals surface area contributed by atoms with Gasteiger partial charge < -0.3 is 21.1 Å². The van der Waals surface area contributed by atoms with Gasteiger partial charge in [-0.15, -0.1) is 0 Å². The van der Waals surface area contributed by atoms with Crippen molar-refractivity contribution in [3.05, 3.63) is 96.1 Å². The van der Waals surface area contributed by atoms with Gasteiger partial charge in [0.15, 0.2) is 0 Å². The first-order chi connectivity index (χ1) is 15.7. The number of carbonyl (C=O) groups is 1. The van der Waals surface area contributed by atoms with Crippen LogP contribution in [0.2, 0.25) is 0 Å². The summed E-state index contributed by atoms with van der Waals surface area (Å²) in [5.74, 6) is 0. The summed E-state index contributed by atoms with van der Waals surface area (Å²) < 4.78 is 0. The third-order valence-corrected chi connectivity index (χ3v) is 4.64. The van der Waals surface area contributed by atoms with Crippen LogP contribution in [0.5, 0.6) is 0 Å². The van der Waals surface area contributed by atoms with Gasteiger partial charge in [-0.1, -0.05) is 90.5 Å². The second kappa shape index (κ2) is 17.7. The van der Waals surface area contributed by atoms with Gasteiger partial charge in [0.1, 0.15) is 0 Å². The first-order valence-electron chi connectivity index (χ1n) is 10.9. The number of rotatable bonds is 10. The molecule has 172 valence electrons. The van der Waals surface area contributed by atoms with E-state index in [1.807, 2.05) is 36.4 Å². The number of amides is 1. The smallest absolute Gasteiger partial charge is 0.210 e. The zero-order chi connectivity index (χ0) is 23.4. The van der Waals surface area contributed by atoms with Gasteiger partial charge in [-0.3, -0.25) is 4.79 Å². The Balaban J connectivity index is 0.000000305. The van der Waals surface area contributed by atoms with Gasteiger partial charge in [0.05, 0.1) is 0 Å². The van der Waals surface area contributed by atoms with Crippen molar-refractivity contribution in [3.8, 4) is 11.1 Å². The predicted octanol–water partition coefficient (Wildman–Crippen LogP) is 3.85. The van der Waals surface area contributed by atoms with E-state index in [-0.39, 0.29) is 0 Å². The molecule has 0 aromatic heterocycles. The molecule has 0 bridgehead atoms. The minimum absolute atomic E-state index is 0.670. The summed E-state index contributed by atoms with van der Waals surface area (Å²) in [6.45, 7) is 5.94. The Hall–Kier alpha value is -2.99. The fourth-order valence-corrected chi connectivity index (χ4v) is 3.02. The van der Waals surface area contributed by atoms with E-state index in [4.69, 9.17) is 10.8 Å². The highest BCUT2D eigenvalue weighted by Crippen LogP contribution is 2.19. The Bertz CT molecular complexity index is 842. The standard InChI is InChI=1S/C13H21N3O.C13H12.CH4O/c14-7-4-8-15-9-10-16(12-17)11-13-5-2-1-3-6-13;1-11-6-5-9-13(10-11)12-7-3-2-4-8-12;1-2/h1-3,5-6,12,15H,4,7-11,14H2;2-10H,1H3;2H,1H3. The van der Waals surface area contributed by atoms with Crippen LogP contribution in [0.15, 0.2) is 84.9 Å². The molecule has 0 fully saturated rings. The number of aryl methyl sites for hydroxylation is 1. The number of benzene rings is 3. The van der Waals surface area contributed by atoms with E-state index >= 15 is 0 Å². The van der Waals surface area contributed by atoms with Crippen LogP contribution in [0.1, 0.15) is 17.5 Å². The monoisotopic (exact) mass is 435 g/mol. The first kappa shape index (κ1) is 27.0. The van der Waals surface area contributed by atoms with E-state index < -0.39 is 0 Å². The van der Waals surface area contributed by atoms with Crippen molar-refractivity contribution in [2.24, 2.45) is 5.73 Å². The number of hydrogen-bond acceptors (Lipinski definition) is 4. The van der Waals surface area contributed by atoms with Crippen LogP contribution >= 0.6 is 0 Å². The van der Waals surface area contributed by atoms with Gasteiger partial charge in [-0.2, -0.15) is 0 Å². The maximum atomic E-state index is 10.9. The average molecular weight is 436 g/mol. The van der Waals surface area contributed by atoms with E-state index in [0.29, 0.717) is 13.1 Å². The fraction of sp³-hybridized carbons (Fsp3) is 0.296. The number of nitrogens with one attached hydrogen (secondary N) is 1. The highest BCUT2D eigenvalue weighted by Gasteiger charge is 2.01. The normalized spacial score (nSPS) is 9.62. The molecule has 0 unspecified atom stereocenters. The van der Waals surface area contributed by atoms with Crippen molar-refractivity contribution in [2.75, 3.05) is 33.3 Å². The number of aliphatic hydroxyl groups excluding tert-OH is 1. The summed E-state index contributed by atoms with van der Waals surface area (Å²) in [6.07, 6.45) is 1.87. The zero-order valence-electron chi connectivity index (χ0n) is 19.3. The second-order valence-corrected chi connectivity index (χ2v) is 7.19. The summed E-state index contributed by atoms with van der Waals surface area (Å²) >= 11 is 0. The van der Waals surface area contributed by atoms with E-state index in [1.165, 1.54) is 16.7 Å². The molecule has 3 aromatic rings. The van der Waals surface area contributed by atoms with Crippen LogP contribution in [0, 0.1) is 6.92 Å². The molecule has 5 nitrogen and oxygen atoms in total. The molecule has 0 atom stereocenters. The van der Waals surface area contributed by atoms with E-state index in [9.17, 15) is 4.79 Å². The SMILES string of the molecule is CO.Cc1cccc(-c2ccccc2)c1.NCCCNCCN(C=O)Cc1ccccc1. The molecule has 0 heterocycles. The number of hydrogen-bond donors (Lipinski definition) is 3. The molecule has 0 radical (unpaired) electrons. The van der Waals surface area contributed by atoms with E-state index in [0.717, 1.165) is 45.1 Å². The molecule has 0 aliphatic rings. The lowest BCUT2D eigenvalue weighted by molar-refractivity contribution is -0.118. The molecule has 3 rings (SSSR count). The van der Waals surface area contributed by atoms with Crippen molar-refractivity contribution in [3.63, 3.8) is 0 Å². The Morgan fingerprint density at radius 3 is 2.09 bits per heavy atom. The quantitative estimate of drug-likeness (QED) is 0.334. The lowest BCUT2D eigenvalue weighted by Crippen LogP contribution is -2.31. The van der Waals surface area contributed by atoms with E-state index in [2.05, 4.69) is 60.8 Å². The van der Waals surface area contributed by atoms with E-state index in [1.54, 1.807) is 4.90 Å². The van der Waals surface area contributed by atoms with Crippen LogP contribution in [0.25, 0.3) is 11.1 Å². The highest BCUT2D eigenvalue weighted by molar-refractivity contribution is 5.63. The van der Waals surface area contributed by atoms with Crippen molar-refractivity contribution >= 4 is 6.41 Å². The molecule has 0 aliphatic carbocycles. The number of aliphatic hydroxyl groups is 1. The molecule has 32 heavy (non-hydrogen) atoms. The summed E-state index contributed by atoms with van der Waals surface area (Å²) in [6, 6.07) is 29.0. The second-order valence-electron chi connectivity index (χ2n) is 7.19. The minimum atomic E-state index is 0.670. The van der Waals surface area contributed by atoms with Crippen molar-refractivity contribution < 1.29 is 9.90 Å². The Labute approximate surface area is 192 Å². The highest BCUT2D eigenvalue weighted by atomic mass is 16.2. The summed E-state index contributed by atoms with van der Waals surface area (Å²) in [5.41, 5.74) is 10.4. The molecule has 4 N–H and O–H groups in total. The number of carbonyl (C=O) groups excluding carboxylic acids is 1. The predicted molar refractivity (Wildman–Crippen MR) is 134 cm³/mol. The van der Waals surface area contributed by atoms with Gasteiger partial charge in [-0.05, 0) is 43.1 Å². The largest absolute Gasteiger partial charge is 0.400 e. The zero-order valence-corrected chi connectivity index (χ0v) is 19.3. The van der Waals surface area contributed by atoms with Crippen LogP contribution in [-0.4, -0.2) is 49.7 Å². The number of nitrogens with two attached hydrogens (primary N) is 1.